The zero-order valence-corrected chi connectivity index (χ0v) is 20.3. The fourth-order valence-electron chi connectivity index (χ4n) is 4.47. The maximum Gasteiger partial charge on any atom is 0.410 e. The number of nitrogens with zero attached hydrogens (tertiary/aromatic N) is 4. The summed E-state index contributed by atoms with van der Waals surface area (Å²) in [5, 5.41) is 13.0. The maximum absolute atomic E-state index is 14.7. The van der Waals surface area contributed by atoms with E-state index in [-0.39, 0.29) is 25.7 Å². The minimum atomic E-state index is -1.41. The zero-order chi connectivity index (χ0) is 25.3. The molecule has 3 heterocycles. The van der Waals surface area contributed by atoms with Crippen molar-refractivity contribution in [2.75, 3.05) is 31.1 Å². The van der Waals surface area contributed by atoms with Gasteiger partial charge in [-0.1, -0.05) is 0 Å². The Morgan fingerprint density at radius 3 is 2.71 bits per heavy atom. The quantitative estimate of drug-likeness (QED) is 0.715. The molecule has 9 nitrogen and oxygen atoms in total. The van der Waals surface area contributed by atoms with Gasteiger partial charge in [-0.15, -0.1) is 0 Å². The molecule has 4 rings (SSSR count). The van der Waals surface area contributed by atoms with Crippen molar-refractivity contribution in [2.45, 2.75) is 57.7 Å². The lowest BCUT2D eigenvalue weighted by Crippen LogP contribution is -2.55. The summed E-state index contributed by atoms with van der Waals surface area (Å²) in [6.07, 6.45) is -1.46. The van der Waals surface area contributed by atoms with Gasteiger partial charge < -0.3 is 24.6 Å². The molecule has 2 aromatic rings. The van der Waals surface area contributed by atoms with Gasteiger partial charge in [-0.05, 0) is 52.0 Å². The fourth-order valence-corrected chi connectivity index (χ4v) is 4.47. The number of anilines is 1. The van der Waals surface area contributed by atoms with E-state index >= 15 is 0 Å². The van der Waals surface area contributed by atoms with Crippen LogP contribution in [0.5, 0.6) is 0 Å². The molecule has 10 heteroatoms. The fraction of sp³-hybridized carbons (Fsp3) is 0.520. The van der Waals surface area contributed by atoms with Gasteiger partial charge in [0.05, 0.1) is 36.3 Å². The Balaban J connectivity index is 1.46. The lowest BCUT2D eigenvalue weighted by Gasteiger charge is -2.38. The summed E-state index contributed by atoms with van der Waals surface area (Å²) < 4.78 is 25.9. The van der Waals surface area contributed by atoms with Gasteiger partial charge in [0.15, 0.2) is 6.10 Å². The lowest BCUT2D eigenvalue weighted by atomic mass is 10.1. The van der Waals surface area contributed by atoms with E-state index in [1.54, 1.807) is 39.1 Å². The van der Waals surface area contributed by atoms with Gasteiger partial charge in [0.2, 0.25) is 0 Å². The second-order valence-electron chi connectivity index (χ2n) is 10.0. The van der Waals surface area contributed by atoms with Crippen molar-refractivity contribution < 1.29 is 23.5 Å². The molecular formula is C25H30FN5O4. The standard InChI is InChI=1S/C25H30FN5O4/c1-15-11-30(20-8-7-16(10-27)22-17(20)6-5-9-28-22)14-21(34-15)23(32)29-19-13-31(12-18(19)26)24(33)35-25(2,3)4/h5-9,15,18-19,21H,11-14H2,1-4H3,(H,29,32)/t15?,18-,19+,21?/m1/s1. The van der Waals surface area contributed by atoms with E-state index in [0.29, 0.717) is 17.6 Å². The van der Waals surface area contributed by atoms with Crippen molar-refractivity contribution >= 4 is 28.6 Å². The summed E-state index contributed by atoms with van der Waals surface area (Å²) in [7, 11) is 0. The number of morpholine rings is 1. The van der Waals surface area contributed by atoms with Crippen LogP contribution in [0.3, 0.4) is 0 Å². The second kappa shape index (κ2) is 9.66. The Hall–Kier alpha value is -3.45. The van der Waals surface area contributed by atoms with Gasteiger partial charge in [-0.2, -0.15) is 5.26 Å². The Morgan fingerprint density at radius 2 is 2.00 bits per heavy atom. The number of hydrogen-bond donors (Lipinski definition) is 1. The first-order valence-electron chi connectivity index (χ1n) is 11.7. The van der Waals surface area contributed by atoms with E-state index in [9.17, 15) is 19.2 Å². The van der Waals surface area contributed by atoms with Crippen LogP contribution in [-0.2, 0) is 14.3 Å². The molecule has 186 valence electrons. The number of carbonyl (C=O) groups excluding carboxylic acids is 2. The Labute approximate surface area is 203 Å². The summed E-state index contributed by atoms with van der Waals surface area (Å²) in [5.41, 5.74) is 1.23. The molecule has 1 aromatic carbocycles. The molecule has 2 saturated heterocycles. The predicted octanol–water partition coefficient (Wildman–Crippen LogP) is 2.77. The van der Waals surface area contributed by atoms with Crippen LogP contribution in [0.1, 0.15) is 33.3 Å². The highest BCUT2D eigenvalue weighted by molar-refractivity contribution is 5.95. The van der Waals surface area contributed by atoms with Gasteiger partial charge in [0, 0.05) is 30.4 Å². The van der Waals surface area contributed by atoms with Crippen molar-refractivity contribution in [1.82, 2.24) is 15.2 Å². The highest BCUT2D eigenvalue weighted by Crippen LogP contribution is 2.30. The number of aromatic nitrogens is 1. The smallest absolute Gasteiger partial charge is 0.410 e. The van der Waals surface area contributed by atoms with Crippen LogP contribution in [0, 0.1) is 11.3 Å². The van der Waals surface area contributed by atoms with Crippen LogP contribution in [0.2, 0.25) is 0 Å². The number of likely N-dealkylation sites (tertiary alicyclic amines) is 1. The average Bonchev–Trinajstić information content (AvgIpc) is 3.17. The zero-order valence-electron chi connectivity index (χ0n) is 20.3. The normalized spacial score (nSPS) is 24.8. The molecule has 2 fully saturated rings. The van der Waals surface area contributed by atoms with E-state index in [0.717, 1.165) is 11.1 Å². The molecule has 2 amide bonds. The van der Waals surface area contributed by atoms with Crippen LogP contribution in [0.25, 0.3) is 10.9 Å². The number of alkyl halides is 1. The number of benzene rings is 1. The number of carbonyl (C=O) groups is 2. The van der Waals surface area contributed by atoms with E-state index in [2.05, 4.69) is 16.4 Å². The molecule has 0 aliphatic carbocycles. The number of nitriles is 1. The van der Waals surface area contributed by atoms with Crippen molar-refractivity contribution in [3.8, 4) is 6.07 Å². The molecule has 1 N–H and O–H groups in total. The third-order valence-electron chi connectivity index (χ3n) is 5.99. The number of pyridine rings is 1. The first-order chi connectivity index (χ1) is 16.6. The third kappa shape index (κ3) is 5.46. The Morgan fingerprint density at radius 1 is 1.23 bits per heavy atom. The Kier molecular flexibility index (Phi) is 6.81. The monoisotopic (exact) mass is 483 g/mol. The van der Waals surface area contributed by atoms with E-state index in [4.69, 9.17) is 9.47 Å². The summed E-state index contributed by atoms with van der Waals surface area (Å²) >= 11 is 0. The molecule has 0 bridgehead atoms. The molecule has 1 aromatic heterocycles. The SMILES string of the molecule is CC1CN(c2ccc(C#N)c3ncccc23)CC(C(=O)N[C@H]2CN(C(=O)OC(C)(C)C)C[C@H]2F)O1. The van der Waals surface area contributed by atoms with Gasteiger partial charge in [-0.3, -0.25) is 9.78 Å². The van der Waals surface area contributed by atoms with Crippen LogP contribution >= 0.6 is 0 Å². The Bertz CT molecular complexity index is 1160. The predicted molar refractivity (Wildman–Crippen MR) is 128 cm³/mol. The number of halogens is 1. The summed E-state index contributed by atoms with van der Waals surface area (Å²) in [6, 6.07) is 8.59. The third-order valence-corrected chi connectivity index (χ3v) is 5.99. The molecule has 0 spiro atoms. The van der Waals surface area contributed by atoms with Crippen molar-refractivity contribution in [3.63, 3.8) is 0 Å². The number of amides is 2. The summed E-state index contributed by atoms with van der Waals surface area (Å²) in [6.45, 7) is 7.79. The first-order valence-corrected chi connectivity index (χ1v) is 11.7. The van der Waals surface area contributed by atoms with Crippen molar-refractivity contribution in [2.24, 2.45) is 0 Å². The second-order valence-corrected chi connectivity index (χ2v) is 10.0. The van der Waals surface area contributed by atoms with Crippen molar-refractivity contribution in [3.05, 3.63) is 36.0 Å². The van der Waals surface area contributed by atoms with E-state index < -0.39 is 35.9 Å². The van der Waals surface area contributed by atoms with Gasteiger partial charge >= 0.3 is 6.09 Å². The number of rotatable bonds is 3. The maximum atomic E-state index is 14.7. The van der Waals surface area contributed by atoms with Gasteiger partial charge in [0.1, 0.15) is 17.8 Å². The number of hydrogen-bond acceptors (Lipinski definition) is 7. The summed E-state index contributed by atoms with van der Waals surface area (Å²) in [5.74, 6) is -0.434. The minimum Gasteiger partial charge on any atom is -0.444 e. The van der Waals surface area contributed by atoms with E-state index in [1.165, 1.54) is 4.90 Å². The van der Waals surface area contributed by atoms with Crippen LogP contribution in [-0.4, -0.2) is 78.1 Å². The summed E-state index contributed by atoms with van der Waals surface area (Å²) in [4.78, 5) is 33.0. The topological polar surface area (TPSA) is 108 Å². The molecular weight excluding hydrogens is 453 g/mol. The molecule has 35 heavy (non-hydrogen) atoms. The first kappa shape index (κ1) is 24.7. The number of ether oxygens (including phenoxy) is 2. The minimum absolute atomic E-state index is 0.0275. The lowest BCUT2D eigenvalue weighted by molar-refractivity contribution is -0.138. The van der Waals surface area contributed by atoms with Crippen LogP contribution < -0.4 is 10.2 Å². The molecule has 2 aliphatic rings. The molecule has 0 radical (unpaired) electrons. The average molecular weight is 484 g/mol. The van der Waals surface area contributed by atoms with Gasteiger partial charge in [-0.25, -0.2) is 9.18 Å². The molecule has 4 atom stereocenters. The van der Waals surface area contributed by atoms with Gasteiger partial charge in [0.25, 0.3) is 5.91 Å². The highest BCUT2D eigenvalue weighted by Gasteiger charge is 2.40. The van der Waals surface area contributed by atoms with Crippen LogP contribution in [0.4, 0.5) is 14.9 Å². The highest BCUT2D eigenvalue weighted by atomic mass is 19.1. The van der Waals surface area contributed by atoms with Crippen LogP contribution in [0.15, 0.2) is 30.5 Å². The van der Waals surface area contributed by atoms with E-state index in [1.807, 2.05) is 24.0 Å². The molecule has 0 saturated carbocycles. The number of fused-ring (bicyclic) bond motifs is 1. The molecule has 2 unspecified atom stereocenters. The molecule has 2 aliphatic heterocycles. The largest absolute Gasteiger partial charge is 0.444 e. The number of nitrogens with one attached hydrogen (secondary N) is 1. The van der Waals surface area contributed by atoms with Crippen molar-refractivity contribution in [1.29, 1.82) is 5.26 Å².